The van der Waals surface area contributed by atoms with Gasteiger partial charge in [-0.1, -0.05) is 30.4 Å². The van der Waals surface area contributed by atoms with E-state index in [1.807, 2.05) is 31.2 Å². The molecule has 0 fully saturated rings. The zero-order valence-corrected chi connectivity index (χ0v) is 11.5. The van der Waals surface area contributed by atoms with Gasteiger partial charge in [0.25, 0.3) is 5.91 Å². The van der Waals surface area contributed by atoms with E-state index >= 15 is 0 Å². The van der Waals surface area contributed by atoms with Gasteiger partial charge in [-0.2, -0.15) is 0 Å². The fraction of sp³-hybridized carbons (Fsp3) is 0.214. The Labute approximate surface area is 117 Å². The van der Waals surface area contributed by atoms with Crippen LogP contribution in [0.5, 0.6) is 0 Å². The molecule has 0 saturated carbocycles. The number of amides is 1. The van der Waals surface area contributed by atoms with E-state index in [0.29, 0.717) is 23.6 Å². The van der Waals surface area contributed by atoms with E-state index in [4.69, 9.17) is 18.0 Å². The number of likely N-dealkylation sites (N-methyl/N-ethyl adjacent to an activating group) is 1. The SMILES string of the molecule is CCN(CC(N)=S)C(=O)c1ccnc2ccccc12. The summed E-state index contributed by atoms with van der Waals surface area (Å²) in [5.41, 5.74) is 6.96. The first-order chi connectivity index (χ1) is 9.13. The third kappa shape index (κ3) is 2.88. The quantitative estimate of drug-likeness (QED) is 0.865. The zero-order valence-electron chi connectivity index (χ0n) is 10.7. The normalized spacial score (nSPS) is 10.4. The van der Waals surface area contributed by atoms with Crippen molar-refractivity contribution < 1.29 is 4.79 Å². The minimum atomic E-state index is -0.0751. The molecule has 19 heavy (non-hydrogen) atoms. The second-order valence-corrected chi connectivity index (χ2v) is 4.69. The van der Waals surface area contributed by atoms with Crippen molar-refractivity contribution in [3.05, 3.63) is 42.1 Å². The Kier molecular flexibility index (Phi) is 4.06. The van der Waals surface area contributed by atoms with E-state index in [0.717, 1.165) is 10.9 Å². The second kappa shape index (κ2) is 5.75. The largest absolute Gasteiger partial charge is 0.392 e. The molecular weight excluding hydrogens is 258 g/mol. The Hall–Kier alpha value is -2.01. The van der Waals surface area contributed by atoms with Crippen LogP contribution in [0.4, 0.5) is 0 Å². The minimum Gasteiger partial charge on any atom is -0.392 e. The van der Waals surface area contributed by atoms with Crippen LogP contribution in [0.3, 0.4) is 0 Å². The molecule has 0 bridgehead atoms. The molecule has 0 aliphatic rings. The van der Waals surface area contributed by atoms with E-state index in [2.05, 4.69) is 4.98 Å². The molecule has 1 heterocycles. The summed E-state index contributed by atoms with van der Waals surface area (Å²) in [4.78, 5) is 18.7. The maximum atomic E-state index is 12.5. The van der Waals surface area contributed by atoms with Crippen LogP contribution in [0.15, 0.2) is 36.5 Å². The van der Waals surface area contributed by atoms with Crippen molar-refractivity contribution in [2.24, 2.45) is 5.73 Å². The standard InChI is InChI=1S/C14H15N3OS/c1-2-17(9-13(15)19)14(18)11-7-8-16-12-6-4-3-5-10(11)12/h3-8H,2,9H2,1H3,(H2,15,19). The first-order valence-corrected chi connectivity index (χ1v) is 6.45. The number of fused-ring (bicyclic) bond motifs is 1. The summed E-state index contributed by atoms with van der Waals surface area (Å²) < 4.78 is 0. The fourth-order valence-electron chi connectivity index (χ4n) is 1.97. The number of nitrogens with zero attached hydrogens (tertiary/aromatic N) is 2. The molecule has 0 atom stereocenters. The van der Waals surface area contributed by atoms with Gasteiger partial charge in [0, 0.05) is 18.1 Å². The molecule has 2 aromatic rings. The molecule has 2 N–H and O–H groups in total. The van der Waals surface area contributed by atoms with Gasteiger partial charge in [-0.05, 0) is 19.1 Å². The Morgan fingerprint density at radius 3 is 2.79 bits per heavy atom. The maximum absolute atomic E-state index is 12.5. The van der Waals surface area contributed by atoms with E-state index in [1.54, 1.807) is 17.2 Å². The number of aromatic nitrogens is 1. The topological polar surface area (TPSA) is 59.2 Å². The number of rotatable bonds is 4. The van der Waals surface area contributed by atoms with Crippen LogP contribution in [0, 0.1) is 0 Å². The maximum Gasteiger partial charge on any atom is 0.254 e. The molecular formula is C14H15N3OS. The first kappa shape index (κ1) is 13.4. The van der Waals surface area contributed by atoms with Gasteiger partial charge in [-0.25, -0.2) is 0 Å². The average Bonchev–Trinajstić information content (AvgIpc) is 2.43. The van der Waals surface area contributed by atoms with Crippen molar-refractivity contribution in [2.45, 2.75) is 6.92 Å². The lowest BCUT2D eigenvalue weighted by atomic mass is 10.1. The Bertz CT molecular complexity index is 622. The smallest absolute Gasteiger partial charge is 0.254 e. The third-order valence-electron chi connectivity index (χ3n) is 2.90. The number of nitrogens with two attached hydrogens (primary N) is 1. The predicted molar refractivity (Wildman–Crippen MR) is 80.1 cm³/mol. The van der Waals surface area contributed by atoms with Crippen LogP contribution >= 0.6 is 12.2 Å². The summed E-state index contributed by atoms with van der Waals surface area (Å²) in [6.45, 7) is 2.76. The molecule has 1 aromatic carbocycles. The summed E-state index contributed by atoms with van der Waals surface area (Å²) in [7, 11) is 0. The van der Waals surface area contributed by atoms with E-state index < -0.39 is 0 Å². The number of carbonyl (C=O) groups excluding carboxylic acids is 1. The molecule has 2 rings (SSSR count). The molecule has 98 valence electrons. The second-order valence-electron chi connectivity index (χ2n) is 4.16. The number of hydrogen-bond donors (Lipinski definition) is 1. The van der Waals surface area contributed by atoms with Gasteiger partial charge in [-0.3, -0.25) is 9.78 Å². The lowest BCUT2D eigenvalue weighted by Crippen LogP contribution is -2.37. The minimum absolute atomic E-state index is 0.0751. The molecule has 0 saturated heterocycles. The zero-order chi connectivity index (χ0) is 13.8. The predicted octanol–water partition coefficient (Wildman–Crippen LogP) is 1.98. The van der Waals surface area contributed by atoms with Gasteiger partial charge in [0.05, 0.1) is 22.6 Å². The Balaban J connectivity index is 2.43. The number of benzene rings is 1. The van der Waals surface area contributed by atoms with Gasteiger partial charge >= 0.3 is 0 Å². The van der Waals surface area contributed by atoms with Crippen LogP contribution < -0.4 is 5.73 Å². The van der Waals surface area contributed by atoms with E-state index in [9.17, 15) is 4.79 Å². The highest BCUT2D eigenvalue weighted by Gasteiger charge is 2.17. The number of thiocarbonyl (C=S) groups is 1. The average molecular weight is 273 g/mol. The van der Waals surface area contributed by atoms with Crippen LogP contribution in [-0.4, -0.2) is 33.9 Å². The van der Waals surface area contributed by atoms with E-state index in [-0.39, 0.29) is 5.91 Å². The van der Waals surface area contributed by atoms with Crippen molar-refractivity contribution in [3.8, 4) is 0 Å². The highest BCUT2D eigenvalue weighted by Crippen LogP contribution is 2.17. The highest BCUT2D eigenvalue weighted by molar-refractivity contribution is 7.80. The number of para-hydroxylation sites is 1. The van der Waals surface area contributed by atoms with Gasteiger partial charge in [0.1, 0.15) is 0 Å². The molecule has 0 unspecified atom stereocenters. The molecule has 0 radical (unpaired) electrons. The monoisotopic (exact) mass is 273 g/mol. The van der Waals surface area contributed by atoms with Crippen molar-refractivity contribution in [2.75, 3.05) is 13.1 Å². The first-order valence-electron chi connectivity index (χ1n) is 6.04. The molecule has 0 aliphatic heterocycles. The van der Waals surface area contributed by atoms with Crippen LogP contribution in [0.2, 0.25) is 0 Å². The molecule has 1 aromatic heterocycles. The summed E-state index contributed by atoms with van der Waals surface area (Å²) in [6.07, 6.45) is 1.64. The highest BCUT2D eigenvalue weighted by atomic mass is 32.1. The number of pyridine rings is 1. The lowest BCUT2D eigenvalue weighted by molar-refractivity contribution is 0.0790. The van der Waals surface area contributed by atoms with Gasteiger partial charge in [-0.15, -0.1) is 0 Å². The third-order valence-corrected chi connectivity index (χ3v) is 3.02. The van der Waals surface area contributed by atoms with Crippen molar-refractivity contribution in [3.63, 3.8) is 0 Å². The van der Waals surface area contributed by atoms with Crippen LogP contribution in [-0.2, 0) is 0 Å². The van der Waals surface area contributed by atoms with Crippen LogP contribution in [0.1, 0.15) is 17.3 Å². The molecule has 4 nitrogen and oxygen atoms in total. The van der Waals surface area contributed by atoms with Gasteiger partial charge in [0.2, 0.25) is 0 Å². The number of hydrogen-bond acceptors (Lipinski definition) is 3. The van der Waals surface area contributed by atoms with Crippen LogP contribution in [0.25, 0.3) is 10.9 Å². The fourth-order valence-corrected chi connectivity index (χ4v) is 2.12. The van der Waals surface area contributed by atoms with E-state index in [1.165, 1.54) is 0 Å². The summed E-state index contributed by atoms with van der Waals surface area (Å²) >= 11 is 4.87. The summed E-state index contributed by atoms with van der Waals surface area (Å²) in [6, 6.07) is 9.30. The number of carbonyl (C=O) groups is 1. The Morgan fingerprint density at radius 2 is 2.11 bits per heavy atom. The molecule has 0 aliphatic carbocycles. The molecule has 5 heteroatoms. The molecule has 0 spiro atoms. The van der Waals surface area contributed by atoms with Gasteiger partial charge < -0.3 is 10.6 Å². The summed E-state index contributed by atoms with van der Waals surface area (Å²) in [5, 5.41) is 0.844. The summed E-state index contributed by atoms with van der Waals surface area (Å²) in [5.74, 6) is -0.0751. The Morgan fingerprint density at radius 1 is 1.37 bits per heavy atom. The molecule has 1 amide bonds. The van der Waals surface area contributed by atoms with Gasteiger partial charge in [0.15, 0.2) is 0 Å². The van der Waals surface area contributed by atoms with Crippen molar-refractivity contribution in [1.82, 2.24) is 9.88 Å². The lowest BCUT2D eigenvalue weighted by Gasteiger charge is -2.20. The van der Waals surface area contributed by atoms with Crippen molar-refractivity contribution >= 4 is 34.0 Å². The van der Waals surface area contributed by atoms with Crippen molar-refractivity contribution in [1.29, 1.82) is 0 Å².